The van der Waals surface area contributed by atoms with Gasteiger partial charge in [0.15, 0.2) is 0 Å². The van der Waals surface area contributed by atoms with E-state index < -0.39 is 18.2 Å². The van der Waals surface area contributed by atoms with Gasteiger partial charge in [-0.2, -0.15) is 0 Å². The van der Waals surface area contributed by atoms with Crippen molar-refractivity contribution >= 4 is 11.9 Å². The van der Waals surface area contributed by atoms with Crippen molar-refractivity contribution in [1.29, 1.82) is 0 Å². The van der Waals surface area contributed by atoms with Gasteiger partial charge >= 0.3 is 5.97 Å². The lowest BCUT2D eigenvalue weighted by molar-refractivity contribution is -0.150. The number of carbonyl (C=O) groups is 2. The topological polar surface area (TPSA) is 95.9 Å². The molecule has 6 nitrogen and oxygen atoms in total. The number of esters is 1. The molecule has 3 unspecified atom stereocenters. The second kappa shape index (κ2) is 48.6. The van der Waals surface area contributed by atoms with Crippen LogP contribution >= 0.6 is 0 Å². The molecule has 0 aromatic carbocycles. The van der Waals surface area contributed by atoms with Crippen LogP contribution in [0.25, 0.3) is 0 Å². The smallest absolute Gasteiger partial charge is 0.306 e. The summed E-state index contributed by atoms with van der Waals surface area (Å²) in [6, 6.07) is -0.730. The fraction of sp³-hybridized carbons (Fsp3) is 0.782. The summed E-state index contributed by atoms with van der Waals surface area (Å²) in [4.78, 5) is 26.1. The summed E-state index contributed by atoms with van der Waals surface area (Å²) >= 11 is 0. The molecule has 354 valence electrons. The zero-order valence-corrected chi connectivity index (χ0v) is 40.3. The van der Waals surface area contributed by atoms with Gasteiger partial charge in [-0.15, -0.1) is 0 Å². The van der Waals surface area contributed by atoms with Gasteiger partial charge in [-0.25, -0.2) is 0 Å². The van der Waals surface area contributed by atoms with Crippen LogP contribution in [0.2, 0.25) is 0 Å². The Morgan fingerprint density at radius 2 is 0.852 bits per heavy atom. The Hall–Kier alpha value is -2.44. The number of aliphatic hydroxyl groups is 2. The molecule has 3 atom stereocenters. The molecule has 0 bridgehead atoms. The maximum absolute atomic E-state index is 13.2. The Balaban J connectivity index is 4.64. The minimum Gasteiger partial charge on any atom is -0.461 e. The number of allylic oxidation sites excluding steroid dienone is 9. The molecule has 1 amide bonds. The van der Waals surface area contributed by atoms with E-state index in [0.29, 0.717) is 19.3 Å². The van der Waals surface area contributed by atoms with Crippen molar-refractivity contribution in [2.24, 2.45) is 0 Å². The zero-order chi connectivity index (χ0) is 44.5. The Morgan fingerprint density at radius 1 is 0.492 bits per heavy atom. The van der Waals surface area contributed by atoms with Crippen molar-refractivity contribution in [2.45, 2.75) is 270 Å². The average molecular weight is 854 g/mol. The summed E-state index contributed by atoms with van der Waals surface area (Å²) in [7, 11) is 0. The Morgan fingerprint density at radius 3 is 1.25 bits per heavy atom. The Bertz CT molecular complexity index is 1090. The number of nitrogens with one attached hydrogen (secondary N) is 1. The van der Waals surface area contributed by atoms with Gasteiger partial charge in [-0.3, -0.25) is 9.59 Å². The van der Waals surface area contributed by atoms with Crippen molar-refractivity contribution in [2.75, 3.05) is 6.61 Å². The fourth-order valence-electron chi connectivity index (χ4n) is 7.69. The van der Waals surface area contributed by atoms with E-state index in [4.69, 9.17) is 4.74 Å². The van der Waals surface area contributed by atoms with Crippen molar-refractivity contribution in [3.8, 4) is 0 Å². The first-order valence-electron chi connectivity index (χ1n) is 26.0. The van der Waals surface area contributed by atoms with Crippen molar-refractivity contribution < 1.29 is 24.5 Å². The highest BCUT2D eigenvalue weighted by Crippen LogP contribution is 2.17. The number of hydrogen-bond acceptors (Lipinski definition) is 5. The lowest BCUT2D eigenvalue weighted by Crippen LogP contribution is -2.46. The molecule has 6 heteroatoms. The van der Waals surface area contributed by atoms with Crippen molar-refractivity contribution in [3.63, 3.8) is 0 Å². The summed E-state index contributed by atoms with van der Waals surface area (Å²) in [5, 5.41) is 23.6. The van der Waals surface area contributed by atoms with Crippen molar-refractivity contribution in [1.82, 2.24) is 5.32 Å². The van der Waals surface area contributed by atoms with E-state index in [0.717, 1.165) is 70.6 Å². The number of rotatable bonds is 46. The predicted molar refractivity (Wildman–Crippen MR) is 264 cm³/mol. The highest BCUT2D eigenvalue weighted by atomic mass is 16.5. The highest BCUT2D eigenvalue weighted by Gasteiger charge is 2.23. The number of carbonyl (C=O) groups excluding carboxylic acids is 2. The molecule has 0 radical (unpaired) electrons. The first-order valence-corrected chi connectivity index (χ1v) is 26.0. The highest BCUT2D eigenvalue weighted by molar-refractivity contribution is 5.77. The predicted octanol–water partition coefficient (Wildman–Crippen LogP) is 15.6. The van der Waals surface area contributed by atoms with Gasteiger partial charge in [-0.05, 0) is 44.9 Å². The summed E-state index contributed by atoms with van der Waals surface area (Å²) < 4.78 is 5.87. The summed E-state index contributed by atoms with van der Waals surface area (Å²) in [6.07, 6.45) is 60.2. The van der Waals surface area contributed by atoms with Gasteiger partial charge in [0, 0.05) is 12.8 Å². The van der Waals surface area contributed by atoms with Crippen LogP contribution in [0.3, 0.4) is 0 Å². The number of ether oxygens (including phenoxy) is 1. The molecule has 0 aliphatic rings. The second-order valence-electron chi connectivity index (χ2n) is 17.6. The first kappa shape index (κ1) is 58.6. The molecule has 3 N–H and O–H groups in total. The largest absolute Gasteiger partial charge is 0.461 e. The molecule has 0 saturated heterocycles. The molecule has 0 fully saturated rings. The molecule has 0 rings (SSSR count). The van der Waals surface area contributed by atoms with Crippen LogP contribution in [0, 0.1) is 0 Å². The van der Waals surface area contributed by atoms with Gasteiger partial charge in [0.1, 0.15) is 6.10 Å². The maximum atomic E-state index is 13.2. The van der Waals surface area contributed by atoms with Crippen LogP contribution in [0.1, 0.15) is 252 Å². The summed E-state index contributed by atoms with van der Waals surface area (Å²) in [5.74, 6) is -0.575. The van der Waals surface area contributed by atoms with Crippen molar-refractivity contribution in [3.05, 3.63) is 60.8 Å². The Labute approximate surface area is 378 Å². The quantitative estimate of drug-likeness (QED) is 0.0322. The normalized spacial score (nSPS) is 13.7. The molecule has 0 spiro atoms. The van der Waals surface area contributed by atoms with Crippen LogP contribution in [0.5, 0.6) is 0 Å². The summed E-state index contributed by atoms with van der Waals surface area (Å²) in [5.41, 5.74) is 0. The molecule has 0 aliphatic heterocycles. The summed E-state index contributed by atoms with van der Waals surface area (Å²) in [6.45, 7) is 6.33. The zero-order valence-electron chi connectivity index (χ0n) is 40.3. The molecule has 0 aliphatic carbocycles. The van der Waals surface area contributed by atoms with Gasteiger partial charge in [-0.1, -0.05) is 248 Å². The number of hydrogen-bond donors (Lipinski definition) is 3. The van der Waals surface area contributed by atoms with Crippen LogP contribution in [0.15, 0.2) is 60.8 Å². The fourth-order valence-corrected chi connectivity index (χ4v) is 7.69. The lowest BCUT2D eigenvalue weighted by atomic mass is 10.0. The third-order valence-electron chi connectivity index (χ3n) is 11.6. The monoisotopic (exact) mass is 854 g/mol. The van der Waals surface area contributed by atoms with E-state index in [-0.39, 0.29) is 24.9 Å². The van der Waals surface area contributed by atoms with E-state index in [2.05, 4.69) is 74.7 Å². The molecular weight excluding hydrogens is 755 g/mol. The molecule has 0 saturated carbocycles. The van der Waals surface area contributed by atoms with Crippen LogP contribution in [-0.4, -0.2) is 46.9 Å². The number of unbranched alkanes of at least 4 members (excludes halogenated alkanes) is 25. The van der Waals surface area contributed by atoms with Gasteiger partial charge in [0.2, 0.25) is 5.91 Å². The second-order valence-corrected chi connectivity index (χ2v) is 17.6. The minimum absolute atomic E-state index is 0.000424. The van der Waals surface area contributed by atoms with Crippen LogP contribution in [0.4, 0.5) is 0 Å². The lowest BCUT2D eigenvalue weighted by Gasteiger charge is -2.24. The molecule has 61 heavy (non-hydrogen) atoms. The van der Waals surface area contributed by atoms with Gasteiger partial charge in [0.25, 0.3) is 0 Å². The third kappa shape index (κ3) is 44.0. The number of aliphatic hydroxyl groups excluding tert-OH is 2. The minimum atomic E-state index is -0.810. The third-order valence-corrected chi connectivity index (χ3v) is 11.6. The average Bonchev–Trinajstić information content (AvgIpc) is 3.25. The number of amides is 1. The van der Waals surface area contributed by atoms with Gasteiger partial charge < -0.3 is 20.3 Å². The Kier molecular flexibility index (Phi) is 46.6. The van der Waals surface area contributed by atoms with E-state index in [9.17, 15) is 19.8 Å². The first-order chi connectivity index (χ1) is 30.0. The SMILES string of the molecule is CC/C=C\C/C=C\C/C=C\C/C=C\C/C=C\CC(CC(=O)NC(CO)C(O)CCCCCCCCCCC)OC(=O)CCCCCCCCCCCCCCCCCCCC. The van der Waals surface area contributed by atoms with E-state index in [1.54, 1.807) is 0 Å². The molecule has 0 aromatic heterocycles. The standard InChI is InChI=1S/C55H99NO5/c1-4-7-10-13-16-19-21-23-25-26-27-29-31-33-36-39-42-45-48-55(60)61-51(46-43-40-37-35-32-30-28-24-22-20-17-14-11-8-5-2)49-54(59)56-52(50-57)53(58)47-44-41-38-34-18-15-12-9-6-3/h8,11,17,20,24,28,32,35,40,43,51-53,57-58H,4-7,9-10,12-16,18-19,21-23,25-27,29-31,33-34,36-39,41-42,44-50H2,1-3H3,(H,56,59)/b11-8-,20-17-,28-24-,35-32-,43-40-. The van der Waals surface area contributed by atoms with Gasteiger partial charge in [0.05, 0.1) is 25.2 Å². The molecule has 0 heterocycles. The molecule has 0 aromatic rings. The van der Waals surface area contributed by atoms with Crippen LogP contribution < -0.4 is 5.32 Å². The van der Waals surface area contributed by atoms with E-state index in [1.807, 2.05) is 12.2 Å². The maximum Gasteiger partial charge on any atom is 0.306 e. The van der Waals surface area contributed by atoms with E-state index >= 15 is 0 Å². The van der Waals surface area contributed by atoms with E-state index in [1.165, 1.54) is 135 Å². The van der Waals surface area contributed by atoms with Crippen LogP contribution in [-0.2, 0) is 14.3 Å². The molecular formula is C55H99NO5.